The van der Waals surface area contributed by atoms with Gasteiger partial charge in [-0.05, 0) is 18.2 Å². The molecule has 1 amide bonds. The summed E-state index contributed by atoms with van der Waals surface area (Å²) in [7, 11) is 0. The van der Waals surface area contributed by atoms with Crippen LogP contribution in [0.3, 0.4) is 0 Å². The lowest BCUT2D eigenvalue weighted by Crippen LogP contribution is -2.24. The van der Waals surface area contributed by atoms with E-state index in [9.17, 15) is 14.0 Å². The van der Waals surface area contributed by atoms with Crippen molar-refractivity contribution in [1.82, 2.24) is 0 Å². The fourth-order valence-electron chi connectivity index (χ4n) is 1.75. The summed E-state index contributed by atoms with van der Waals surface area (Å²) in [6.07, 6.45) is 1.59. The van der Waals surface area contributed by atoms with Crippen LogP contribution in [0.2, 0.25) is 5.02 Å². The number of isocyanates is 1. The highest BCUT2D eigenvalue weighted by atomic mass is 35.5. The first-order chi connectivity index (χ1) is 8.11. The van der Waals surface area contributed by atoms with E-state index in [1.54, 1.807) is 0 Å². The summed E-state index contributed by atoms with van der Waals surface area (Å²) in [6.45, 7) is 0.288. The summed E-state index contributed by atoms with van der Waals surface area (Å²) in [5.41, 5.74) is 0.505. The van der Waals surface area contributed by atoms with Gasteiger partial charge in [0.1, 0.15) is 5.82 Å². The van der Waals surface area contributed by atoms with E-state index in [2.05, 4.69) is 4.99 Å². The topological polar surface area (TPSA) is 49.7 Å². The second-order valence-electron chi connectivity index (χ2n) is 3.68. The van der Waals surface area contributed by atoms with Gasteiger partial charge in [0.15, 0.2) is 0 Å². The molecule has 0 saturated carbocycles. The van der Waals surface area contributed by atoms with E-state index in [1.165, 1.54) is 29.2 Å². The lowest BCUT2D eigenvalue weighted by Gasteiger charge is -2.16. The summed E-state index contributed by atoms with van der Waals surface area (Å²) in [5.74, 6) is -0.707. The van der Waals surface area contributed by atoms with Gasteiger partial charge in [0, 0.05) is 12.2 Å². The summed E-state index contributed by atoms with van der Waals surface area (Å²) in [5, 5.41) is -0.0439. The molecule has 1 fully saturated rings. The van der Waals surface area contributed by atoms with Gasteiger partial charge in [0.2, 0.25) is 12.0 Å². The van der Waals surface area contributed by atoms with Gasteiger partial charge in [-0.25, -0.2) is 14.2 Å². The van der Waals surface area contributed by atoms with Crippen LogP contribution in [-0.4, -0.2) is 24.6 Å². The van der Waals surface area contributed by atoms with E-state index in [-0.39, 0.29) is 29.9 Å². The molecule has 1 heterocycles. The summed E-state index contributed by atoms with van der Waals surface area (Å²) in [6, 6.07) is 3.65. The van der Waals surface area contributed by atoms with Crippen molar-refractivity contribution in [2.45, 2.75) is 12.5 Å². The quantitative estimate of drug-likeness (QED) is 0.598. The number of carbonyl (C=O) groups excluding carboxylic acids is 2. The Labute approximate surface area is 102 Å². The molecule has 1 saturated heterocycles. The van der Waals surface area contributed by atoms with E-state index in [4.69, 9.17) is 11.6 Å². The minimum Gasteiger partial charge on any atom is -0.310 e. The third kappa shape index (κ3) is 2.35. The molecule has 1 aromatic carbocycles. The lowest BCUT2D eigenvalue weighted by atomic mass is 10.3. The number of amides is 1. The molecule has 6 heteroatoms. The van der Waals surface area contributed by atoms with E-state index in [0.717, 1.165) is 0 Å². The van der Waals surface area contributed by atoms with Crippen LogP contribution >= 0.6 is 11.6 Å². The maximum atomic E-state index is 13.0. The summed E-state index contributed by atoms with van der Waals surface area (Å²) < 4.78 is 13.0. The maximum Gasteiger partial charge on any atom is 0.235 e. The number of hydrogen-bond acceptors (Lipinski definition) is 3. The molecule has 0 bridgehead atoms. The Hall–Kier alpha value is -1.71. The van der Waals surface area contributed by atoms with Crippen LogP contribution in [0.15, 0.2) is 23.2 Å². The predicted octanol–water partition coefficient (Wildman–Crippen LogP) is 1.92. The summed E-state index contributed by atoms with van der Waals surface area (Å²) >= 11 is 5.64. The smallest absolute Gasteiger partial charge is 0.235 e. The second-order valence-corrected chi connectivity index (χ2v) is 4.09. The lowest BCUT2D eigenvalue weighted by molar-refractivity contribution is -0.117. The standard InChI is InChI=1S/C11H8ClFN2O2/c12-9-4-8(1-2-10(9)13)15-5-7(14-6-16)3-11(15)17/h1-2,4,7H,3,5H2. The molecule has 1 aromatic rings. The van der Waals surface area contributed by atoms with E-state index < -0.39 is 5.82 Å². The fraction of sp³-hybridized carbons (Fsp3) is 0.273. The van der Waals surface area contributed by atoms with Crippen LogP contribution in [0.1, 0.15) is 6.42 Å². The molecule has 0 aliphatic carbocycles. The second kappa shape index (κ2) is 4.65. The highest BCUT2D eigenvalue weighted by Gasteiger charge is 2.30. The van der Waals surface area contributed by atoms with Crippen molar-refractivity contribution >= 4 is 29.3 Å². The van der Waals surface area contributed by atoms with Gasteiger partial charge in [-0.2, -0.15) is 0 Å². The molecular formula is C11H8ClFN2O2. The summed E-state index contributed by atoms with van der Waals surface area (Å²) in [4.78, 5) is 26.7. The van der Waals surface area contributed by atoms with Crippen molar-refractivity contribution < 1.29 is 14.0 Å². The van der Waals surface area contributed by atoms with Crippen molar-refractivity contribution in [1.29, 1.82) is 0 Å². The van der Waals surface area contributed by atoms with Gasteiger partial charge in [0.05, 0.1) is 17.5 Å². The number of aliphatic imine (C=N–C) groups is 1. The largest absolute Gasteiger partial charge is 0.310 e. The molecule has 4 nitrogen and oxygen atoms in total. The molecule has 88 valence electrons. The molecule has 0 radical (unpaired) electrons. The Morgan fingerprint density at radius 3 is 2.94 bits per heavy atom. The molecule has 0 aromatic heterocycles. The van der Waals surface area contributed by atoms with Crippen LogP contribution in [0.4, 0.5) is 10.1 Å². The average Bonchev–Trinajstić information content (AvgIpc) is 2.64. The fourth-order valence-corrected chi connectivity index (χ4v) is 1.93. The Kier molecular flexibility index (Phi) is 3.22. The molecule has 2 rings (SSSR count). The minimum absolute atomic E-state index is 0.0439. The number of rotatable bonds is 2. The van der Waals surface area contributed by atoms with Gasteiger partial charge in [0.25, 0.3) is 0 Å². The van der Waals surface area contributed by atoms with Gasteiger partial charge < -0.3 is 4.90 Å². The number of nitrogens with zero attached hydrogens (tertiary/aromatic N) is 2. The third-order valence-corrected chi connectivity index (χ3v) is 2.84. The van der Waals surface area contributed by atoms with Gasteiger partial charge in [-0.3, -0.25) is 4.79 Å². The van der Waals surface area contributed by atoms with Crippen LogP contribution in [0, 0.1) is 5.82 Å². The molecule has 1 aliphatic rings. The zero-order chi connectivity index (χ0) is 12.4. The van der Waals surface area contributed by atoms with Crippen LogP contribution < -0.4 is 4.90 Å². The van der Waals surface area contributed by atoms with Gasteiger partial charge in [-0.15, -0.1) is 0 Å². The first kappa shape index (κ1) is 11.8. The average molecular weight is 255 g/mol. The van der Waals surface area contributed by atoms with Crippen LogP contribution in [-0.2, 0) is 9.59 Å². The number of benzene rings is 1. The third-order valence-electron chi connectivity index (χ3n) is 2.55. The van der Waals surface area contributed by atoms with Gasteiger partial charge in [-0.1, -0.05) is 11.6 Å². The molecule has 0 N–H and O–H groups in total. The Bertz CT molecular complexity index is 514. The van der Waals surface area contributed by atoms with Crippen molar-refractivity contribution in [3.05, 3.63) is 29.0 Å². The molecule has 1 unspecified atom stereocenters. The van der Waals surface area contributed by atoms with Crippen molar-refractivity contribution in [2.24, 2.45) is 4.99 Å². The SMILES string of the molecule is O=C=NC1CC(=O)N(c2ccc(F)c(Cl)c2)C1. The molecule has 17 heavy (non-hydrogen) atoms. The first-order valence-corrected chi connectivity index (χ1v) is 5.32. The monoisotopic (exact) mass is 254 g/mol. The zero-order valence-electron chi connectivity index (χ0n) is 8.69. The molecule has 1 atom stereocenters. The highest BCUT2D eigenvalue weighted by molar-refractivity contribution is 6.31. The van der Waals surface area contributed by atoms with E-state index >= 15 is 0 Å². The Morgan fingerprint density at radius 1 is 1.53 bits per heavy atom. The number of hydrogen-bond donors (Lipinski definition) is 0. The van der Waals surface area contributed by atoms with Crippen LogP contribution in [0.5, 0.6) is 0 Å². The van der Waals surface area contributed by atoms with Crippen LogP contribution in [0.25, 0.3) is 0 Å². The Morgan fingerprint density at radius 2 is 2.29 bits per heavy atom. The van der Waals surface area contributed by atoms with E-state index in [1.807, 2.05) is 0 Å². The number of halogens is 2. The number of anilines is 1. The number of carbonyl (C=O) groups is 1. The highest BCUT2D eigenvalue weighted by Crippen LogP contribution is 2.26. The molecule has 0 spiro atoms. The van der Waals surface area contributed by atoms with Crippen molar-refractivity contribution in [3.63, 3.8) is 0 Å². The maximum absolute atomic E-state index is 13.0. The van der Waals surface area contributed by atoms with Crippen molar-refractivity contribution in [3.8, 4) is 0 Å². The first-order valence-electron chi connectivity index (χ1n) is 4.94. The normalized spacial score (nSPS) is 19.3. The molecule has 1 aliphatic heterocycles. The van der Waals surface area contributed by atoms with Crippen molar-refractivity contribution in [2.75, 3.05) is 11.4 Å². The molecular weight excluding hydrogens is 247 g/mol. The van der Waals surface area contributed by atoms with E-state index in [0.29, 0.717) is 5.69 Å². The Balaban J connectivity index is 2.25. The van der Waals surface area contributed by atoms with Gasteiger partial charge >= 0.3 is 0 Å². The predicted molar refractivity (Wildman–Crippen MR) is 60.3 cm³/mol. The zero-order valence-corrected chi connectivity index (χ0v) is 9.45. The minimum atomic E-state index is -0.537.